The normalized spacial score (nSPS) is 40.5. The van der Waals surface area contributed by atoms with Crippen LogP contribution in [0.15, 0.2) is 0 Å². The molecule has 0 aliphatic carbocycles. The molecule has 0 radical (unpaired) electrons. The van der Waals surface area contributed by atoms with Gasteiger partial charge >= 0.3 is 0 Å². The number of hydrogen-bond donors (Lipinski definition) is 1. The highest BCUT2D eigenvalue weighted by Crippen LogP contribution is 2.28. The standard InChI is InChI=1S/C7H14O2S/c1-5-3-7(10-2)6(4-8)9-5/h5-8H,3-4H2,1-2H3/t5-,6+,7+/m0/s1. The smallest absolute Gasteiger partial charge is 0.0928 e. The summed E-state index contributed by atoms with van der Waals surface area (Å²) in [5.41, 5.74) is 0. The van der Waals surface area contributed by atoms with E-state index in [1.54, 1.807) is 11.8 Å². The molecule has 1 aliphatic rings. The number of aliphatic hydroxyl groups is 1. The lowest BCUT2D eigenvalue weighted by Crippen LogP contribution is -2.22. The predicted octanol–water partition coefficient (Wildman–Crippen LogP) is 0.888. The van der Waals surface area contributed by atoms with Crippen molar-refractivity contribution in [2.45, 2.75) is 30.8 Å². The molecule has 0 aromatic carbocycles. The number of ether oxygens (including phenoxy) is 1. The predicted molar refractivity (Wildman–Crippen MR) is 43.3 cm³/mol. The van der Waals surface area contributed by atoms with Gasteiger partial charge < -0.3 is 9.84 Å². The summed E-state index contributed by atoms with van der Waals surface area (Å²) in [6, 6.07) is 0. The maximum absolute atomic E-state index is 8.85. The Morgan fingerprint density at radius 1 is 1.70 bits per heavy atom. The summed E-state index contributed by atoms with van der Waals surface area (Å²) in [6.45, 7) is 2.22. The molecule has 1 N–H and O–H groups in total. The van der Waals surface area contributed by atoms with Crippen molar-refractivity contribution in [1.82, 2.24) is 0 Å². The summed E-state index contributed by atoms with van der Waals surface area (Å²) < 4.78 is 5.44. The zero-order chi connectivity index (χ0) is 7.56. The van der Waals surface area contributed by atoms with Gasteiger partial charge in [0.15, 0.2) is 0 Å². The van der Waals surface area contributed by atoms with Crippen molar-refractivity contribution in [1.29, 1.82) is 0 Å². The Balaban J connectivity index is 2.41. The maximum atomic E-state index is 8.85. The zero-order valence-electron chi connectivity index (χ0n) is 6.41. The van der Waals surface area contributed by atoms with Gasteiger partial charge in [-0.25, -0.2) is 0 Å². The Hall–Kier alpha value is 0.270. The highest BCUT2D eigenvalue weighted by Gasteiger charge is 2.31. The van der Waals surface area contributed by atoms with Crippen molar-refractivity contribution in [3.05, 3.63) is 0 Å². The van der Waals surface area contributed by atoms with Gasteiger partial charge in [0.25, 0.3) is 0 Å². The van der Waals surface area contributed by atoms with E-state index >= 15 is 0 Å². The van der Waals surface area contributed by atoms with Gasteiger partial charge in [-0.1, -0.05) is 0 Å². The largest absolute Gasteiger partial charge is 0.394 e. The Kier molecular flexibility index (Phi) is 3.01. The molecular weight excluding hydrogens is 148 g/mol. The van der Waals surface area contributed by atoms with E-state index in [1.807, 2.05) is 0 Å². The van der Waals surface area contributed by atoms with Crippen LogP contribution in [0.2, 0.25) is 0 Å². The molecule has 1 saturated heterocycles. The molecule has 0 spiro atoms. The van der Waals surface area contributed by atoms with Gasteiger partial charge in [0.2, 0.25) is 0 Å². The minimum atomic E-state index is 0.0741. The lowest BCUT2D eigenvalue weighted by Gasteiger charge is -2.12. The van der Waals surface area contributed by atoms with E-state index in [-0.39, 0.29) is 12.7 Å². The van der Waals surface area contributed by atoms with Crippen molar-refractivity contribution < 1.29 is 9.84 Å². The highest BCUT2D eigenvalue weighted by atomic mass is 32.2. The number of thioether (sulfide) groups is 1. The van der Waals surface area contributed by atoms with Gasteiger partial charge in [-0.3, -0.25) is 0 Å². The second kappa shape index (κ2) is 3.60. The van der Waals surface area contributed by atoms with Gasteiger partial charge in [0.05, 0.1) is 18.8 Å². The van der Waals surface area contributed by atoms with Crippen molar-refractivity contribution in [2.24, 2.45) is 0 Å². The molecule has 60 valence electrons. The molecule has 2 nitrogen and oxygen atoms in total. The van der Waals surface area contributed by atoms with Gasteiger partial charge in [-0.15, -0.1) is 0 Å². The van der Waals surface area contributed by atoms with Crippen LogP contribution in [0, 0.1) is 0 Å². The third-order valence-electron chi connectivity index (χ3n) is 1.87. The molecule has 3 heteroatoms. The summed E-state index contributed by atoms with van der Waals surface area (Å²) in [5.74, 6) is 0. The first-order valence-electron chi connectivity index (χ1n) is 3.57. The molecule has 10 heavy (non-hydrogen) atoms. The van der Waals surface area contributed by atoms with Gasteiger partial charge in [0.1, 0.15) is 0 Å². The Labute approximate surface area is 66.0 Å². The molecule has 1 rings (SSSR count). The minimum absolute atomic E-state index is 0.0741. The van der Waals surface area contributed by atoms with E-state index in [2.05, 4.69) is 13.2 Å². The number of hydrogen-bond acceptors (Lipinski definition) is 3. The van der Waals surface area contributed by atoms with Gasteiger partial charge in [-0.05, 0) is 19.6 Å². The zero-order valence-corrected chi connectivity index (χ0v) is 7.23. The molecule has 0 amide bonds. The van der Waals surface area contributed by atoms with E-state index in [1.165, 1.54) is 0 Å². The average Bonchev–Trinajstić information content (AvgIpc) is 2.30. The van der Waals surface area contributed by atoms with Crippen LogP contribution < -0.4 is 0 Å². The minimum Gasteiger partial charge on any atom is -0.394 e. The molecule has 0 bridgehead atoms. The first-order chi connectivity index (χ1) is 4.77. The second-order valence-corrected chi connectivity index (χ2v) is 3.75. The molecular formula is C7H14O2S. The van der Waals surface area contributed by atoms with E-state index in [9.17, 15) is 0 Å². The molecule has 0 saturated carbocycles. The molecule has 3 atom stereocenters. The molecule has 0 aromatic rings. The Morgan fingerprint density at radius 3 is 2.80 bits per heavy atom. The highest BCUT2D eigenvalue weighted by molar-refractivity contribution is 7.99. The third kappa shape index (κ3) is 1.65. The lowest BCUT2D eigenvalue weighted by atomic mass is 10.2. The quantitative estimate of drug-likeness (QED) is 0.654. The van der Waals surface area contributed by atoms with E-state index in [4.69, 9.17) is 9.84 Å². The first kappa shape index (κ1) is 8.37. The second-order valence-electron chi connectivity index (χ2n) is 2.68. The van der Waals surface area contributed by atoms with Crippen LogP contribution in [0.3, 0.4) is 0 Å². The van der Waals surface area contributed by atoms with Crippen LogP contribution in [0.5, 0.6) is 0 Å². The van der Waals surface area contributed by atoms with Crippen LogP contribution in [0.1, 0.15) is 13.3 Å². The van der Waals surface area contributed by atoms with E-state index < -0.39 is 0 Å². The number of rotatable bonds is 2. The molecule has 1 aliphatic heterocycles. The average molecular weight is 162 g/mol. The van der Waals surface area contributed by atoms with Gasteiger partial charge in [-0.2, -0.15) is 11.8 Å². The molecule has 0 aromatic heterocycles. The summed E-state index contributed by atoms with van der Waals surface area (Å²) in [5, 5.41) is 9.35. The Morgan fingerprint density at radius 2 is 2.40 bits per heavy atom. The maximum Gasteiger partial charge on any atom is 0.0928 e. The first-order valence-corrected chi connectivity index (χ1v) is 4.85. The van der Waals surface area contributed by atoms with Gasteiger partial charge in [0, 0.05) is 5.25 Å². The summed E-state index contributed by atoms with van der Waals surface area (Å²) in [7, 11) is 0. The monoisotopic (exact) mass is 162 g/mol. The van der Waals surface area contributed by atoms with Crippen molar-refractivity contribution >= 4 is 11.8 Å². The molecule has 1 fully saturated rings. The molecule has 1 heterocycles. The van der Waals surface area contributed by atoms with Crippen LogP contribution in [-0.2, 0) is 4.74 Å². The summed E-state index contributed by atoms with van der Waals surface area (Å²) >= 11 is 1.78. The summed E-state index contributed by atoms with van der Waals surface area (Å²) in [6.07, 6.45) is 3.54. The SMILES string of the molecule is CS[C@@H]1C[C@H](C)O[C@@H]1CO. The fraction of sp³-hybridized carbons (Fsp3) is 1.00. The van der Waals surface area contributed by atoms with E-state index in [0.717, 1.165) is 6.42 Å². The van der Waals surface area contributed by atoms with Crippen LogP contribution in [0.4, 0.5) is 0 Å². The summed E-state index contributed by atoms with van der Waals surface area (Å²) in [4.78, 5) is 0. The van der Waals surface area contributed by atoms with Crippen LogP contribution in [-0.4, -0.2) is 35.4 Å². The fourth-order valence-electron chi connectivity index (χ4n) is 1.33. The number of aliphatic hydroxyl groups excluding tert-OH is 1. The van der Waals surface area contributed by atoms with Crippen LogP contribution in [0.25, 0.3) is 0 Å². The van der Waals surface area contributed by atoms with Crippen molar-refractivity contribution in [3.8, 4) is 0 Å². The van der Waals surface area contributed by atoms with Crippen molar-refractivity contribution in [3.63, 3.8) is 0 Å². The molecule has 0 unspecified atom stereocenters. The third-order valence-corrected chi connectivity index (χ3v) is 2.97. The van der Waals surface area contributed by atoms with Crippen molar-refractivity contribution in [2.75, 3.05) is 12.9 Å². The van der Waals surface area contributed by atoms with Crippen LogP contribution >= 0.6 is 11.8 Å². The van der Waals surface area contributed by atoms with E-state index in [0.29, 0.717) is 11.4 Å². The Bertz CT molecular complexity index is 95.8. The fourth-order valence-corrected chi connectivity index (χ4v) is 2.25. The topological polar surface area (TPSA) is 29.5 Å². The lowest BCUT2D eigenvalue weighted by molar-refractivity contribution is 0.0212.